The fourth-order valence-corrected chi connectivity index (χ4v) is 2.82. The number of ether oxygens (including phenoxy) is 2. The van der Waals surface area contributed by atoms with Gasteiger partial charge in [0.2, 0.25) is 6.79 Å². The van der Waals surface area contributed by atoms with Crippen molar-refractivity contribution >= 4 is 21.5 Å². The second kappa shape index (κ2) is 11.4. The zero-order chi connectivity index (χ0) is 21.2. The lowest BCUT2D eigenvalue weighted by Crippen LogP contribution is -2.19. The SMILES string of the molecule is C=C(CC(O)O)S(=O)(=O)Nc1cc2c(cc1C(C)=O)OCO2.C=CC.CC. The lowest BCUT2D eigenvalue weighted by atomic mass is 10.1. The van der Waals surface area contributed by atoms with Crippen LogP contribution in [0.15, 0.2) is 36.3 Å². The lowest BCUT2D eigenvalue weighted by Gasteiger charge is -2.14. The van der Waals surface area contributed by atoms with Crippen molar-refractivity contribution in [2.24, 2.45) is 0 Å². The second-order valence-corrected chi connectivity index (χ2v) is 6.83. The minimum atomic E-state index is -4.09. The second-order valence-electron chi connectivity index (χ2n) is 5.04. The molecule has 1 aromatic carbocycles. The Morgan fingerprint density at radius 2 is 1.78 bits per heavy atom. The van der Waals surface area contributed by atoms with Crippen molar-refractivity contribution in [2.75, 3.05) is 11.5 Å². The van der Waals surface area contributed by atoms with E-state index in [2.05, 4.69) is 17.9 Å². The maximum atomic E-state index is 12.1. The maximum Gasteiger partial charge on any atom is 0.257 e. The van der Waals surface area contributed by atoms with Crippen LogP contribution in [0.5, 0.6) is 11.5 Å². The van der Waals surface area contributed by atoms with E-state index in [0.717, 1.165) is 0 Å². The molecular formula is C18H27NO7S. The molecule has 1 heterocycles. The van der Waals surface area contributed by atoms with Crippen LogP contribution < -0.4 is 14.2 Å². The van der Waals surface area contributed by atoms with E-state index in [1.165, 1.54) is 19.1 Å². The number of ketones is 1. The Labute approximate surface area is 160 Å². The number of carbonyl (C=O) groups excluding carboxylic acids is 1. The van der Waals surface area contributed by atoms with Gasteiger partial charge in [0.05, 0.1) is 10.6 Å². The monoisotopic (exact) mass is 401 g/mol. The van der Waals surface area contributed by atoms with Crippen LogP contribution in [0.4, 0.5) is 5.69 Å². The van der Waals surface area contributed by atoms with Gasteiger partial charge in [-0.1, -0.05) is 26.5 Å². The summed E-state index contributed by atoms with van der Waals surface area (Å²) in [6.07, 6.45) is -0.636. The summed E-state index contributed by atoms with van der Waals surface area (Å²) in [7, 11) is -4.09. The van der Waals surface area contributed by atoms with Gasteiger partial charge >= 0.3 is 0 Å². The third-order valence-corrected chi connectivity index (χ3v) is 4.34. The fraction of sp³-hybridized carbons (Fsp3) is 0.389. The molecule has 27 heavy (non-hydrogen) atoms. The number of anilines is 1. The first-order valence-electron chi connectivity index (χ1n) is 8.20. The van der Waals surface area contributed by atoms with Gasteiger partial charge in [-0.3, -0.25) is 9.52 Å². The van der Waals surface area contributed by atoms with Crippen molar-refractivity contribution in [3.63, 3.8) is 0 Å². The van der Waals surface area contributed by atoms with Crippen molar-refractivity contribution in [3.05, 3.63) is 41.8 Å². The Hall–Kier alpha value is -2.36. The molecule has 2 rings (SSSR count). The van der Waals surface area contributed by atoms with Crippen molar-refractivity contribution in [2.45, 2.75) is 40.4 Å². The van der Waals surface area contributed by atoms with E-state index in [-0.39, 0.29) is 23.8 Å². The number of hydrogen-bond donors (Lipinski definition) is 3. The van der Waals surface area contributed by atoms with E-state index >= 15 is 0 Å². The molecule has 0 spiro atoms. The molecule has 1 aliphatic rings. The van der Waals surface area contributed by atoms with Gasteiger partial charge in [-0.25, -0.2) is 8.42 Å². The summed E-state index contributed by atoms with van der Waals surface area (Å²) in [6.45, 7) is 13.8. The number of aliphatic hydroxyl groups is 2. The third kappa shape index (κ3) is 7.41. The summed E-state index contributed by atoms with van der Waals surface area (Å²) >= 11 is 0. The molecule has 152 valence electrons. The van der Waals surface area contributed by atoms with E-state index in [0.29, 0.717) is 11.5 Å². The number of rotatable bonds is 6. The average Bonchev–Trinajstić information content (AvgIpc) is 3.03. The average molecular weight is 401 g/mol. The van der Waals surface area contributed by atoms with E-state index < -0.39 is 27.6 Å². The molecule has 0 unspecified atom stereocenters. The van der Waals surface area contributed by atoms with E-state index in [1.807, 2.05) is 20.8 Å². The lowest BCUT2D eigenvalue weighted by molar-refractivity contribution is -0.0368. The van der Waals surface area contributed by atoms with Crippen molar-refractivity contribution < 1.29 is 32.9 Å². The minimum absolute atomic E-state index is 0.00493. The van der Waals surface area contributed by atoms with Crippen LogP contribution in [0.3, 0.4) is 0 Å². The number of benzene rings is 1. The molecule has 0 radical (unpaired) electrons. The number of aliphatic hydroxyl groups excluding tert-OH is 1. The highest BCUT2D eigenvalue weighted by Crippen LogP contribution is 2.38. The Morgan fingerprint density at radius 3 is 2.22 bits per heavy atom. The first-order valence-corrected chi connectivity index (χ1v) is 9.69. The van der Waals surface area contributed by atoms with Gasteiger partial charge in [-0.15, -0.1) is 6.58 Å². The maximum absolute atomic E-state index is 12.1. The van der Waals surface area contributed by atoms with Gasteiger partial charge in [0.15, 0.2) is 23.6 Å². The Kier molecular flexibility index (Phi) is 10.4. The van der Waals surface area contributed by atoms with E-state index in [9.17, 15) is 13.2 Å². The number of Topliss-reactive ketones (excluding diaryl/α,β-unsaturated/α-hetero) is 1. The highest BCUT2D eigenvalue weighted by Gasteiger charge is 2.24. The molecule has 0 aliphatic carbocycles. The van der Waals surface area contributed by atoms with Gasteiger partial charge in [0.1, 0.15) is 0 Å². The molecule has 8 nitrogen and oxygen atoms in total. The predicted octanol–water partition coefficient (Wildman–Crippen LogP) is 2.79. The molecule has 9 heteroatoms. The summed E-state index contributed by atoms with van der Waals surface area (Å²) in [5, 5.41) is 17.7. The molecule has 0 atom stereocenters. The number of fused-ring (bicyclic) bond motifs is 1. The van der Waals surface area contributed by atoms with Crippen LogP contribution in [0.2, 0.25) is 0 Å². The molecule has 0 saturated heterocycles. The zero-order valence-corrected chi connectivity index (χ0v) is 16.8. The molecule has 0 bridgehead atoms. The Balaban J connectivity index is 0.00000123. The quantitative estimate of drug-likeness (QED) is 0.380. The van der Waals surface area contributed by atoms with Crippen molar-refractivity contribution in [1.29, 1.82) is 0 Å². The summed E-state index contributed by atoms with van der Waals surface area (Å²) in [6, 6.07) is 2.71. The Bertz CT molecular complexity index is 770. The molecule has 0 aromatic heterocycles. The van der Waals surface area contributed by atoms with Gasteiger partial charge in [-0.2, -0.15) is 0 Å². The van der Waals surface area contributed by atoms with Crippen LogP contribution in [-0.2, 0) is 10.0 Å². The first-order chi connectivity index (χ1) is 12.6. The number of nitrogens with one attached hydrogen (secondary N) is 1. The summed E-state index contributed by atoms with van der Waals surface area (Å²) in [5.74, 6) is 0.275. The van der Waals surface area contributed by atoms with Crippen LogP contribution in [0, 0.1) is 0 Å². The van der Waals surface area contributed by atoms with Crippen LogP contribution in [0.25, 0.3) is 0 Å². The first kappa shape index (κ1) is 24.6. The van der Waals surface area contributed by atoms with Gasteiger partial charge in [0, 0.05) is 18.1 Å². The van der Waals surface area contributed by atoms with Gasteiger partial charge < -0.3 is 19.7 Å². The summed E-state index contributed by atoms with van der Waals surface area (Å²) < 4.78 is 36.7. The predicted molar refractivity (Wildman–Crippen MR) is 104 cm³/mol. The molecule has 0 saturated carbocycles. The normalized spacial score (nSPS) is 11.5. The van der Waals surface area contributed by atoms with Crippen molar-refractivity contribution in [1.82, 2.24) is 0 Å². The van der Waals surface area contributed by atoms with Crippen LogP contribution >= 0.6 is 0 Å². The topological polar surface area (TPSA) is 122 Å². The largest absolute Gasteiger partial charge is 0.454 e. The molecule has 3 N–H and O–H groups in total. The summed E-state index contributed by atoms with van der Waals surface area (Å²) in [4.78, 5) is 11.2. The standard InChI is InChI=1S/C13H15NO7S.C3H6.C2H6/c1-7(3-13(16)17)22(18,19)14-10-5-12-11(20-6-21-12)4-9(10)8(2)15;1-3-2;1-2/h4-5,13-14,16-17H,1,3,6H2,2H3;3H,1H2,2H3;1-2H3. The number of allylic oxidation sites excluding steroid dienone is 1. The smallest absolute Gasteiger partial charge is 0.257 e. The fourth-order valence-electron chi connectivity index (χ4n) is 1.85. The van der Waals surface area contributed by atoms with Crippen molar-refractivity contribution in [3.8, 4) is 11.5 Å². The van der Waals surface area contributed by atoms with Gasteiger partial charge in [0.25, 0.3) is 10.0 Å². The highest BCUT2D eigenvalue weighted by molar-refractivity contribution is 7.96. The minimum Gasteiger partial charge on any atom is -0.454 e. The van der Waals surface area contributed by atoms with Crippen LogP contribution in [-0.4, -0.2) is 37.5 Å². The van der Waals surface area contributed by atoms with Gasteiger partial charge in [-0.05, 0) is 19.9 Å². The zero-order valence-electron chi connectivity index (χ0n) is 16.0. The number of hydrogen-bond acceptors (Lipinski definition) is 7. The highest BCUT2D eigenvalue weighted by atomic mass is 32.2. The summed E-state index contributed by atoms with van der Waals surface area (Å²) in [5.41, 5.74) is 0.107. The third-order valence-electron chi connectivity index (χ3n) is 2.93. The Morgan fingerprint density at radius 1 is 1.30 bits per heavy atom. The number of carbonyl (C=O) groups is 1. The van der Waals surface area contributed by atoms with E-state index in [1.54, 1.807) is 6.08 Å². The van der Waals surface area contributed by atoms with Crippen LogP contribution in [0.1, 0.15) is 44.5 Å². The molecule has 1 aliphatic heterocycles. The molecule has 1 aromatic rings. The van der Waals surface area contributed by atoms with E-state index in [4.69, 9.17) is 19.7 Å². The molecular weight excluding hydrogens is 374 g/mol. The number of sulfonamides is 1. The molecule has 0 amide bonds. The molecule has 0 fully saturated rings.